The Hall–Kier alpha value is -0.573. The van der Waals surface area contributed by atoms with E-state index in [0.29, 0.717) is 32.9 Å². The standard InChI is InChI=1S/C15H31NO5Si/c1-5-14(17)12-15(18)13-16-10-9-11-22(19-6-2,20-7-3)21-8-4/h5,15-16,18H,1,6-13H2,2-4H3. The molecule has 130 valence electrons. The third kappa shape index (κ3) is 9.45. The van der Waals surface area contributed by atoms with Crippen molar-refractivity contribution in [1.82, 2.24) is 5.32 Å². The summed E-state index contributed by atoms with van der Waals surface area (Å²) in [6, 6.07) is 0.733. The molecule has 0 spiro atoms. The van der Waals surface area contributed by atoms with Gasteiger partial charge in [0, 0.05) is 38.8 Å². The fourth-order valence-corrected chi connectivity index (χ4v) is 4.70. The lowest BCUT2D eigenvalue weighted by molar-refractivity contribution is -0.116. The molecule has 0 aromatic carbocycles. The molecule has 0 fully saturated rings. The van der Waals surface area contributed by atoms with E-state index in [1.54, 1.807) is 0 Å². The fraction of sp³-hybridized carbons (Fsp3) is 0.800. The minimum atomic E-state index is -2.57. The van der Waals surface area contributed by atoms with E-state index in [2.05, 4.69) is 11.9 Å². The first-order valence-corrected chi connectivity index (χ1v) is 9.92. The smallest absolute Gasteiger partial charge is 0.391 e. The van der Waals surface area contributed by atoms with Crippen LogP contribution in [0.2, 0.25) is 6.04 Å². The molecule has 0 heterocycles. The molecule has 6 nitrogen and oxygen atoms in total. The zero-order valence-corrected chi connectivity index (χ0v) is 15.1. The number of hydrogen-bond acceptors (Lipinski definition) is 6. The van der Waals surface area contributed by atoms with Gasteiger partial charge in [-0.15, -0.1) is 0 Å². The van der Waals surface area contributed by atoms with Crippen LogP contribution >= 0.6 is 0 Å². The molecule has 0 aromatic rings. The first-order valence-electron chi connectivity index (χ1n) is 7.99. The molecule has 0 saturated heterocycles. The van der Waals surface area contributed by atoms with E-state index in [0.717, 1.165) is 12.5 Å². The number of nitrogens with one attached hydrogen (secondary N) is 1. The molecule has 0 rings (SSSR count). The predicted octanol–water partition coefficient (Wildman–Crippen LogP) is 1.52. The second kappa shape index (κ2) is 12.9. The van der Waals surface area contributed by atoms with Crippen LogP contribution < -0.4 is 5.32 Å². The van der Waals surface area contributed by atoms with Gasteiger partial charge in [0.15, 0.2) is 5.78 Å². The second-order valence-electron chi connectivity index (χ2n) is 4.82. The molecule has 0 radical (unpaired) electrons. The van der Waals surface area contributed by atoms with Crippen molar-refractivity contribution in [2.45, 2.75) is 45.8 Å². The summed E-state index contributed by atoms with van der Waals surface area (Å²) < 4.78 is 17.3. The predicted molar refractivity (Wildman–Crippen MR) is 88.8 cm³/mol. The minimum Gasteiger partial charge on any atom is -0.391 e. The molecule has 0 aliphatic heterocycles. The zero-order chi connectivity index (χ0) is 16.8. The normalized spacial score (nSPS) is 13.1. The summed E-state index contributed by atoms with van der Waals surface area (Å²) in [5, 5.41) is 12.8. The van der Waals surface area contributed by atoms with E-state index in [4.69, 9.17) is 13.3 Å². The van der Waals surface area contributed by atoms with E-state index < -0.39 is 14.9 Å². The monoisotopic (exact) mass is 333 g/mol. The highest BCUT2D eigenvalue weighted by atomic mass is 28.4. The Kier molecular flexibility index (Phi) is 12.6. The van der Waals surface area contributed by atoms with Crippen molar-refractivity contribution in [2.75, 3.05) is 32.9 Å². The van der Waals surface area contributed by atoms with E-state index in [1.165, 1.54) is 6.08 Å². The Balaban J connectivity index is 4.06. The van der Waals surface area contributed by atoms with Crippen LogP contribution in [0.4, 0.5) is 0 Å². The van der Waals surface area contributed by atoms with Gasteiger partial charge in [-0.2, -0.15) is 0 Å². The summed E-state index contributed by atoms with van der Waals surface area (Å²) in [7, 11) is -2.57. The quantitative estimate of drug-likeness (QED) is 0.269. The van der Waals surface area contributed by atoms with Gasteiger partial charge in [0.2, 0.25) is 0 Å². The van der Waals surface area contributed by atoms with Gasteiger partial charge < -0.3 is 23.7 Å². The Morgan fingerprint density at radius 1 is 1.23 bits per heavy atom. The van der Waals surface area contributed by atoms with Crippen molar-refractivity contribution in [3.8, 4) is 0 Å². The number of carbonyl (C=O) groups excluding carboxylic acids is 1. The molecular weight excluding hydrogens is 302 g/mol. The first kappa shape index (κ1) is 21.4. The van der Waals surface area contributed by atoms with Crippen molar-refractivity contribution in [3.63, 3.8) is 0 Å². The van der Waals surface area contributed by atoms with E-state index >= 15 is 0 Å². The molecule has 0 aliphatic rings. The lowest BCUT2D eigenvalue weighted by Crippen LogP contribution is -2.46. The third-order valence-corrected chi connectivity index (χ3v) is 6.13. The lowest BCUT2D eigenvalue weighted by atomic mass is 10.2. The highest BCUT2D eigenvalue weighted by Crippen LogP contribution is 2.17. The van der Waals surface area contributed by atoms with Gasteiger partial charge >= 0.3 is 8.80 Å². The van der Waals surface area contributed by atoms with Crippen molar-refractivity contribution in [2.24, 2.45) is 0 Å². The molecule has 0 amide bonds. The molecule has 22 heavy (non-hydrogen) atoms. The minimum absolute atomic E-state index is 0.103. The van der Waals surface area contributed by atoms with Gasteiger partial charge in [0.05, 0.1) is 6.10 Å². The summed E-state index contributed by atoms with van der Waals surface area (Å²) >= 11 is 0. The van der Waals surface area contributed by atoms with Gasteiger partial charge in [-0.25, -0.2) is 0 Å². The highest BCUT2D eigenvalue weighted by molar-refractivity contribution is 6.60. The topological polar surface area (TPSA) is 77.0 Å². The molecule has 0 aromatic heterocycles. The maximum Gasteiger partial charge on any atom is 0.500 e. The zero-order valence-electron chi connectivity index (χ0n) is 14.1. The number of aliphatic hydroxyl groups is 1. The molecule has 0 bridgehead atoms. The summed E-state index contributed by atoms with van der Waals surface area (Å²) in [6.45, 7) is 12.0. The molecule has 7 heteroatoms. The number of allylic oxidation sites excluding steroid dienone is 1. The average Bonchev–Trinajstić information content (AvgIpc) is 2.47. The molecule has 1 unspecified atom stereocenters. The van der Waals surface area contributed by atoms with Gasteiger partial charge in [0.1, 0.15) is 0 Å². The summed E-state index contributed by atoms with van der Waals surface area (Å²) in [5.74, 6) is -0.148. The molecule has 1 atom stereocenters. The van der Waals surface area contributed by atoms with Crippen molar-refractivity contribution < 1.29 is 23.2 Å². The Labute approximate surface area is 135 Å². The average molecular weight is 334 g/mol. The van der Waals surface area contributed by atoms with Crippen LogP contribution in [0.15, 0.2) is 12.7 Å². The van der Waals surface area contributed by atoms with Gasteiger partial charge in [-0.1, -0.05) is 6.58 Å². The van der Waals surface area contributed by atoms with Crippen LogP contribution in [-0.4, -0.2) is 58.7 Å². The summed E-state index contributed by atoms with van der Waals surface area (Å²) in [5.41, 5.74) is 0. The van der Waals surface area contributed by atoms with Crippen LogP contribution in [0.5, 0.6) is 0 Å². The lowest BCUT2D eigenvalue weighted by Gasteiger charge is -2.28. The van der Waals surface area contributed by atoms with Gasteiger partial charge in [-0.3, -0.25) is 4.79 Å². The van der Waals surface area contributed by atoms with Gasteiger partial charge in [0.25, 0.3) is 0 Å². The molecule has 0 aliphatic carbocycles. The molecule has 2 N–H and O–H groups in total. The van der Waals surface area contributed by atoms with Crippen molar-refractivity contribution in [3.05, 3.63) is 12.7 Å². The van der Waals surface area contributed by atoms with Crippen LogP contribution in [0.3, 0.4) is 0 Å². The van der Waals surface area contributed by atoms with Crippen molar-refractivity contribution >= 4 is 14.6 Å². The SMILES string of the molecule is C=CC(=O)CC(O)CNCCC[Si](OCC)(OCC)OCC. The highest BCUT2D eigenvalue weighted by Gasteiger charge is 2.39. The van der Waals surface area contributed by atoms with Gasteiger partial charge in [-0.05, 0) is 39.8 Å². The fourth-order valence-electron chi connectivity index (χ4n) is 2.09. The summed E-state index contributed by atoms with van der Waals surface area (Å²) in [6.07, 6.45) is 1.48. The second-order valence-corrected chi connectivity index (χ2v) is 7.55. The van der Waals surface area contributed by atoms with Crippen LogP contribution in [0.25, 0.3) is 0 Å². The van der Waals surface area contributed by atoms with E-state index in [1.807, 2.05) is 20.8 Å². The third-order valence-electron chi connectivity index (χ3n) is 2.97. The van der Waals surface area contributed by atoms with Crippen LogP contribution in [-0.2, 0) is 18.1 Å². The Bertz CT molecular complexity index is 297. The maximum atomic E-state index is 11.1. The van der Waals surface area contributed by atoms with E-state index in [9.17, 15) is 9.90 Å². The van der Waals surface area contributed by atoms with Crippen molar-refractivity contribution in [1.29, 1.82) is 0 Å². The summed E-state index contributed by atoms with van der Waals surface area (Å²) in [4.78, 5) is 11.1. The largest absolute Gasteiger partial charge is 0.500 e. The number of aliphatic hydroxyl groups excluding tert-OH is 1. The Morgan fingerprint density at radius 3 is 2.23 bits per heavy atom. The van der Waals surface area contributed by atoms with Crippen LogP contribution in [0, 0.1) is 0 Å². The Morgan fingerprint density at radius 2 is 1.77 bits per heavy atom. The number of ketones is 1. The first-order chi connectivity index (χ1) is 10.5. The number of carbonyl (C=O) groups is 1. The number of rotatable bonds is 15. The molecular formula is C15H31NO5Si. The van der Waals surface area contributed by atoms with E-state index in [-0.39, 0.29) is 12.2 Å². The maximum absolute atomic E-state index is 11.1. The van der Waals surface area contributed by atoms with Crippen LogP contribution in [0.1, 0.15) is 33.6 Å². The molecule has 0 saturated carbocycles. The number of hydrogen-bond donors (Lipinski definition) is 2.